The minimum Gasteiger partial charge on any atom is -0.368 e. The van der Waals surface area contributed by atoms with Crippen molar-refractivity contribution in [1.82, 2.24) is 15.1 Å². The van der Waals surface area contributed by atoms with E-state index in [1.54, 1.807) is 10.9 Å². The third-order valence-electron chi connectivity index (χ3n) is 3.62. The zero-order chi connectivity index (χ0) is 15.0. The SMILES string of the molecule is CC1(C)CC(NCCn2ccc([N+](=O)[O-])n2)C(C)(C)O1. The van der Waals surface area contributed by atoms with Gasteiger partial charge in [-0.3, -0.25) is 0 Å². The normalized spacial score (nSPS) is 23.9. The number of hydrogen-bond acceptors (Lipinski definition) is 5. The second-order valence-electron chi connectivity index (χ2n) is 6.37. The number of nitrogens with one attached hydrogen (secondary N) is 1. The van der Waals surface area contributed by atoms with Crippen LogP contribution in [0, 0.1) is 10.1 Å². The van der Waals surface area contributed by atoms with E-state index < -0.39 is 4.92 Å². The molecule has 2 rings (SSSR count). The maximum Gasteiger partial charge on any atom is 0.389 e. The molecule has 1 aliphatic rings. The molecule has 0 aromatic carbocycles. The number of hydrogen-bond donors (Lipinski definition) is 1. The van der Waals surface area contributed by atoms with E-state index in [0.717, 1.165) is 6.42 Å². The van der Waals surface area contributed by atoms with Gasteiger partial charge in [0.15, 0.2) is 0 Å². The number of nitrogens with zero attached hydrogens (tertiary/aromatic N) is 3. The summed E-state index contributed by atoms with van der Waals surface area (Å²) >= 11 is 0. The van der Waals surface area contributed by atoms with Crippen LogP contribution < -0.4 is 5.32 Å². The monoisotopic (exact) mass is 282 g/mol. The fourth-order valence-corrected chi connectivity index (χ4v) is 2.81. The van der Waals surface area contributed by atoms with Crippen molar-refractivity contribution >= 4 is 5.82 Å². The summed E-state index contributed by atoms with van der Waals surface area (Å²) in [5.74, 6) is -0.115. The van der Waals surface area contributed by atoms with Crippen LogP contribution in [-0.4, -0.2) is 38.5 Å². The molecule has 1 atom stereocenters. The van der Waals surface area contributed by atoms with E-state index in [4.69, 9.17) is 4.74 Å². The van der Waals surface area contributed by atoms with Gasteiger partial charge in [0.05, 0.1) is 35.1 Å². The smallest absolute Gasteiger partial charge is 0.368 e. The predicted molar refractivity (Wildman–Crippen MR) is 74.5 cm³/mol. The molecule has 0 aliphatic carbocycles. The van der Waals surface area contributed by atoms with Gasteiger partial charge in [-0.15, -0.1) is 0 Å². The van der Waals surface area contributed by atoms with E-state index in [9.17, 15) is 10.1 Å². The van der Waals surface area contributed by atoms with E-state index in [2.05, 4.69) is 38.1 Å². The first-order chi connectivity index (χ1) is 9.20. The van der Waals surface area contributed by atoms with E-state index >= 15 is 0 Å². The van der Waals surface area contributed by atoms with Crippen molar-refractivity contribution in [2.24, 2.45) is 0 Å². The van der Waals surface area contributed by atoms with Gasteiger partial charge in [0.25, 0.3) is 0 Å². The van der Waals surface area contributed by atoms with E-state index in [-0.39, 0.29) is 23.1 Å². The van der Waals surface area contributed by atoms with Crippen LogP contribution in [-0.2, 0) is 11.3 Å². The van der Waals surface area contributed by atoms with Crippen LogP contribution in [0.15, 0.2) is 12.3 Å². The molecule has 1 fully saturated rings. The average molecular weight is 282 g/mol. The van der Waals surface area contributed by atoms with Gasteiger partial charge in [-0.1, -0.05) is 0 Å². The minimum absolute atomic E-state index is 0.115. The Morgan fingerprint density at radius 2 is 2.25 bits per heavy atom. The summed E-state index contributed by atoms with van der Waals surface area (Å²) in [5, 5.41) is 17.9. The lowest BCUT2D eigenvalue weighted by Gasteiger charge is -2.27. The van der Waals surface area contributed by atoms with E-state index in [1.807, 2.05) is 0 Å². The molecule has 7 nitrogen and oxygen atoms in total. The van der Waals surface area contributed by atoms with Crippen LogP contribution in [0.25, 0.3) is 0 Å². The highest BCUT2D eigenvalue weighted by Gasteiger charge is 2.45. The number of rotatable bonds is 5. The predicted octanol–water partition coefficient (Wildman–Crippen LogP) is 1.73. The fourth-order valence-electron chi connectivity index (χ4n) is 2.81. The molecular formula is C13H22N4O3. The Morgan fingerprint density at radius 1 is 1.55 bits per heavy atom. The van der Waals surface area contributed by atoms with Crippen LogP contribution in [0.3, 0.4) is 0 Å². The lowest BCUT2D eigenvalue weighted by molar-refractivity contribution is -0.389. The van der Waals surface area contributed by atoms with Gasteiger partial charge in [0, 0.05) is 12.6 Å². The largest absolute Gasteiger partial charge is 0.389 e. The molecule has 0 amide bonds. The molecular weight excluding hydrogens is 260 g/mol. The number of nitro groups is 1. The van der Waals surface area contributed by atoms with Crippen molar-refractivity contribution in [2.75, 3.05) is 6.54 Å². The summed E-state index contributed by atoms with van der Waals surface area (Å²) in [6, 6.07) is 1.68. The van der Waals surface area contributed by atoms with Gasteiger partial charge < -0.3 is 20.2 Å². The first-order valence-electron chi connectivity index (χ1n) is 6.81. The Kier molecular flexibility index (Phi) is 3.84. The lowest BCUT2D eigenvalue weighted by Crippen LogP contribution is -2.44. The topological polar surface area (TPSA) is 82.2 Å². The highest BCUT2D eigenvalue weighted by Crippen LogP contribution is 2.37. The molecule has 2 heterocycles. The summed E-state index contributed by atoms with van der Waals surface area (Å²) < 4.78 is 7.60. The highest BCUT2D eigenvalue weighted by atomic mass is 16.6. The van der Waals surface area contributed by atoms with Crippen molar-refractivity contribution in [3.05, 3.63) is 22.4 Å². The molecule has 112 valence electrons. The highest BCUT2D eigenvalue weighted by molar-refractivity contribution is 5.13. The van der Waals surface area contributed by atoms with Crippen LogP contribution in [0.1, 0.15) is 34.1 Å². The summed E-state index contributed by atoms with van der Waals surface area (Å²) in [4.78, 5) is 10.1. The third-order valence-corrected chi connectivity index (χ3v) is 3.62. The summed E-state index contributed by atoms with van der Waals surface area (Å²) in [6.07, 6.45) is 2.57. The van der Waals surface area contributed by atoms with Crippen LogP contribution in [0.5, 0.6) is 0 Å². The average Bonchev–Trinajstić information content (AvgIpc) is 2.81. The van der Waals surface area contributed by atoms with Gasteiger partial charge in [-0.25, -0.2) is 0 Å². The quantitative estimate of drug-likeness (QED) is 0.657. The molecule has 0 saturated carbocycles. The summed E-state index contributed by atoms with van der Waals surface area (Å²) in [7, 11) is 0. The standard InChI is InChI=1S/C13H22N4O3/c1-12(2)9-10(13(3,4)20-12)14-6-8-16-7-5-11(15-16)17(18)19/h5,7,10,14H,6,8-9H2,1-4H3. The molecule has 0 bridgehead atoms. The van der Waals surface area contributed by atoms with E-state index in [1.165, 1.54) is 6.07 Å². The van der Waals surface area contributed by atoms with Crippen LogP contribution >= 0.6 is 0 Å². The van der Waals surface area contributed by atoms with Gasteiger partial charge in [0.1, 0.15) is 0 Å². The molecule has 1 aromatic heterocycles. The first-order valence-corrected chi connectivity index (χ1v) is 6.81. The summed E-state index contributed by atoms with van der Waals surface area (Å²) in [5.41, 5.74) is -0.328. The zero-order valence-corrected chi connectivity index (χ0v) is 12.4. The molecule has 1 aromatic rings. The van der Waals surface area contributed by atoms with Crippen molar-refractivity contribution in [2.45, 2.75) is 57.9 Å². The fraction of sp³-hybridized carbons (Fsp3) is 0.769. The van der Waals surface area contributed by atoms with Gasteiger partial charge >= 0.3 is 5.82 Å². The Bertz CT molecular complexity index is 496. The second-order valence-corrected chi connectivity index (χ2v) is 6.37. The lowest BCUT2D eigenvalue weighted by atomic mass is 9.94. The number of aromatic nitrogens is 2. The van der Waals surface area contributed by atoms with Crippen molar-refractivity contribution in [3.8, 4) is 0 Å². The Hall–Kier alpha value is -1.47. The molecule has 1 N–H and O–H groups in total. The maximum atomic E-state index is 10.6. The third kappa shape index (κ3) is 3.34. The molecule has 0 radical (unpaired) electrons. The van der Waals surface area contributed by atoms with Gasteiger partial charge in [-0.05, 0) is 39.0 Å². The maximum absolute atomic E-state index is 10.6. The molecule has 0 spiro atoms. The summed E-state index contributed by atoms with van der Waals surface area (Å²) in [6.45, 7) is 9.64. The zero-order valence-electron chi connectivity index (χ0n) is 12.4. The molecule has 1 saturated heterocycles. The molecule has 20 heavy (non-hydrogen) atoms. The molecule has 7 heteroatoms. The van der Waals surface area contributed by atoms with Gasteiger partial charge in [0.2, 0.25) is 0 Å². The van der Waals surface area contributed by atoms with Crippen LogP contribution in [0.2, 0.25) is 0 Å². The first kappa shape index (κ1) is 14.9. The van der Waals surface area contributed by atoms with Crippen molar-refractivity contribution in [1.29, 1.82) is 0 Å². The molecule has 1 aliphatic heterocycles. The second kappa shape index (κ2) is 5.14. The van der Waals surface area contributed by atoms with E-state index in [0.29, 0.717) is 13.1 Å². The Labute approximate surface area is 118 Å². The number of ether oxygens (including phenoxy) is 1. The van der Waals surface area contributed by atoms with Crippen molar-refractivity contribution in [3.63, 3.8) is 0 Å². The Morgan fingerprint density at radius 3 is 2.75 bits per heavy atom. The van der Waals surface area contributed by atoms with Crippen molar-refractivity contribution < 1.29 is 9.66 Å². The Balaban J connectivity index is 1.85. The molecule has 1 unspecified atom stereocenters. The minimum atomic E-state index is -0.486. The van der Waals surface area contributed by atoms with Gasteiger partial charge in [-0.2, -0.15) is 4.68 Å². The van der Waals surface area contributed by atoms with Crippen LogP contribution in [0.4, 0.5) is 5.82 Å².